The molecule has 1 aromatic rings. The number of hydrogen-bond acceptors (Lipinski definition) is 3. The third kappa shape index (κ3) is 3.59. The average molecular weight is 271 g/mol. The van der Waals surface area contributed by atoms with Crippen molar-refractivity contribution in [3.05, 3.63) is 17.0 Å². The third-order valence-electron chi connectivity index (χ3n) is 2.93. The summed E-state index contributed by atoms with van der Waals surface area (Å²) < 4.78 is 0. The SMILES string of the molecule is CC(C)(C)c1nc(Cl)cc(SC2CCCC2)n1. The van der Waals surface area contributed by atoms with Gasteiger partial charge in [0, 0.05) is 16.7 Å². The Bertz CT molecular complexity index is 395. The van der Waals surface area contributed by atoms with Gasteiger partial charge in [-0.1, -0.05) is 45.2 Å². The van der Waals surface area contributed by atoms with Gasteiger partial charge in [-0.25, -0.2) is 9.97 Å². The van der Waals surface area contributed by atoms with Gasteiger partial charge in [0.25, 0.3) is 0 Å². The predicted octanol–water partition coefficient (Wildman–Crippen LogP) is 4.46. The molecule has 0 unspecified atom stereocenters. The van der Waals surface area contributed by atoms with Gasteiger partial charge in [-0.15, -0.1) is 11.8 Å². The number of halogens is 1. The Kier molecular flexibility index (Phi) is 3.99. The van der Waals surface area contributed by atoms with Crippen LogP contribution in [0.3, 0.4) is 0 Å². The van der Waals surface area contributed by atoms with Gasteiger partial charge < -0.3 is 0 Å². The molecule has 0 amide bonds. The minimum atomic E-state index is -0.0457. The van der Waals surface area contributed by atoms with E-state index in [0.29, 0.717) is 10.4 Å². The van der Waals surface area contributed by atoms with E-state index >= 15 is 0 Å². The van der Waals surface area contributed by atoms with Crippen LogP contribution in [0.15, 0.2) is 11.1 Å². The first kappa shape index (κ1) is 13.2. The van der Waals surface area contributed by atoms with E-state index in [4.69, 9.17) is 11.6 Å². The van der Waals surface area contributed by atoms with Crippen LogP contribution in [-0.2, 0) is 5.41 Å². The summed E-state index contributed by atoms with van der Waals surface area (Å²) in [4.78, 5) is 8.96. The lowest BCUT2D eigenvalue weighted by atomic mass is 9.96. The lowest BCUT2D eigenvalue weighted by Gasteiger charge is -2.18. The Hall–Kier alpha value is -0.280. The maximum absolute atomic E-state index is 6.08. The van der Waals surface area contributed by atoms with Crippen LogP contribution in [0.1, 0.15) is 52.3 Å². The first-order valence-electron chi connectivity index (χ1n) is 6.17. The second kappa shape index (κ2) is 5.15. The van der Waals surface area contributed by atoms with Gasteiger partial charge >= 0.3 is 0 Å². The molecule has 4 heteroatoms. The Morgan fingerprint density at radius 1 is 1.24 bits per heavy atom. The van der Waals surface area contributed by atoms with E-state index in [1.54, 1.807) is 0 Å². The van der Waals surface area contributed by atoms with E-state index in [9.17, 15) is 0 Å². The van der Waals surface area contributed by atoms with Crippen molar-refractivity contribution in [2.24, 2.45) is 0 Å². The fraction of sp³-hybridized carbons (Fsp3) is 0.692. The maximum atomic E-state index is 6.08. The van der Waals surface area contributed by atoms with Crippen LogP contribution >= 0.6 is 23.4 Å². The number of thioether (sulfide) groups is 1. The van der Waals surface area contributed by atoms with Crippen molar-refractivity contribution >= 4 is 23.4 Å². The molecule has 0 N–H and O–H groups in total. The Balaban J connectivity index is 2.19. The zero-order valence-corrected chi connectivity index (χ0v) is 12.2. The normalized spacial score (nSPS) is 17.6. The van der Waals surface area contributed by atoms with E-state index in [0.717, 1.165) is 10.9 Å². The van der Waals surface area contributed by atoms with Crippen molar-refractivity contribution in [3.63, 3.8) is 0 Å². The van der Waals surface area contributed by atoms with Crippen LogP contribution in [0, 0.1) is 0 Å². The average Bonchev–Trinajstić information content (AvgIpc) is 2.68. The molecule has 1 fully saturated rings. The van der Waals surface area contributed by atoms with Crippen molar-refractivity contribution in [2.45, 2.75) is 62.1 Å². The zero-order valence-electron chi connectivity index (χ0n) is 10.7. The van der Waals surface area contributed by atoms with Crippen molar-refractivity contribution in [2.75, 3.05) is 0 Å². The van der Waals surface area contributed by atoms with Crippen LogP contribution in [0.25, 0.3) is 0 Å². The highest BCUT2D eigenvalue weighted by atomic mass is 35.5. The molecule has 1 aliphatic rings. The number of rotatable bonds is 2. The molecular weight excluding hydrogens is 252 g/mol. The van der Waals surface area contributed by atoms with Gasteiger partial charge in [0.05, 0.1) is 0 Å². The second-order valence-electron chi connectivity index (χ2n) is 5.63. The van der Waals surface area contributed by atoms with Crippen molar-refractivity contribution in [3.8, 4) is 0 Å². The van der Waals surface area contributed by atoms with Crippen LogP contribution in [0.2, 0.25) is 5.15 Å². The van der Waals surface area contributed by atoms with E-state index in [1.165, 1.54) is 25.7 Å². The summed E-state index contributed by atoms with van der Waals surface area (Å²) in [6, 6.07) is 1.89. The molecule has 0 aliphatic heterocycles. The highest BCUT2D eigenvalue weighted by Gasteiger charge is 2.21. The molecule has 0 radical (unpaired) electrons. The molecule has 1 aliphatic carbocycles. The molecule has 0 spiro atoms. The van der Waals surface area contributed by atoms with Crippen LogP contribution in [0.5, 0.6) is 0 Å². The predicted molar refractivity (Wildman–Crippen MR) is 73.9 cm³/mol. The summed E-state index contributed by atoms with van der Waals surface area (Å²) in [5.74, 6) is 0.838. The van der Waals surface area contributed by atoms with E-state index in [-0.39, 0.29) is 5.41 Å². The summed E-state index contributed by atoms with van der Waals surface area (Å²) in [6.07, 6.45) is 5.31. The summed E-state index contributed by atoms with van der Waals surface area (Å²) in [5.41, 5.74) is -0.0457. The lowest BCUT2D eigenvalue weighted by Crippen LogP contribution is -2.16. The number of nitrogens with zero attached hydrogens (tertiary/aromatic N) is 2. The van der Waals surface area contributed by atoms with Gasteiger partial charge in [0.15, 0.2) is 0 Å². The van der Waals surface area contributed by atoms with Crippen molar-refractivity contribution in [1.82, 2.24) is 9.97 Å². The fourth-order valence-electron chi connectivity index (χ4n) is 1.97. The molecule has 1 heterocycles. The Labute approximate surface area is 113 Å². The third-order valence-corrected chi connectivity index (χ3v) is 4.38. The number of aromatic nitrogens is 2. The van der Waals surface area contributed by atoms with Gasteiger partial charge in [-0.05, 0) is 12.8 Å². The van der Waals surface area contributed by atoms with Gasteiger partial charge in [0.1, 0.15) is 16.0 Å². The largest absolute Gasteiger partial charge is 0.226 e. The minimum absolute atomic E-state index is 0.0457. The van der Waals surface area contributed by atoms with Gasteiger partial charge in [-0.3, -0.25) is 0 Å². The molecule has 1 aromatic heterocycles. The summed E-state index contributed by atoms with van der Waals surface area (Å²) in [5, 5.41) is 2.31. The molecule has 0 bridgehead atoms. The first-order valence-corrected chi connectivity index (χ1v) is 7.42. The molecule has 0 atom stereocenters. The highest BCUT2D eigenvalue weighted by Crippen LogP contribution is 2.35. The molecule has 2 rings (SSSR count). The summed E-state index contributed by atoms with van der Waals surface area (Å²) in [6.45, 7) is 6.34. The summed E-state index contributed by atoms with van der Waals surface area (Å²) in [7, 11) is 0. The molecule has 0 saturated heterocycles. The molecule has 1 saturated carbocycles. The van der Waals surface area contributed by atoms with Gasteiger partial charge in [0.2, 0.25) is 0 Å². The molecular formula is C13H19ClN2S. The molecule has 0 aromatic carbocycles. The second-order valence-corrected chi connectivity index (χ2v) is 7.33. The van der Waals surface area contributed by atoms with E-state index < -0.39 is 0 Å². The van der Waals surface area contributed by atoms with Crippen LogP contribution in [-0.4, -0.2) is 15.2 Å². The minimum Gasteiger partial charge on any atom is -0.226 e. The van der Waals surface area contributed by atoms with Crippen molar-refractivity contribution in [1.29, 1.82) is 0 Å². The standard InChI is InChI=1S/C13H19ClN2S/c1-13(2,3)12-15-10(14)8-11(16-12)17-9-6-4-5-7-9/h8-9H,4-7H2,1-3H3. The molecule has 94 valence electrons. The fourth-order valence-corrected chi connectivity index (χ4v) is 3.45. The Morgan fingerprint density at radius 2 is 1.88 bits per heavy atom. The van der Waals surface area contributed by atoms with Crippen LogP contribution in [0.4, 0.5) is 0 Å². The molecule has 2 nitrogen and oxygen atoms in total. The first-order chi connectivity index (χ1) is 7.95. The van der Waals surface area contributed by atoms with Gasteiger partial charge in [-0.2, -0.15) is 0 Å². The topological polar surface area (TPSA) is 25.8 Å². The molecule has 17 heavy (non-hydrogen) atoms. The van der Waals surface area contributed by atoms with Crippen LogP contribution < -0.4 is 0 Å². The quantitative estimate of drug-likeness (QED) is 0.742. The zero-order chi connectivity index (χ0) is 12.5. The van der Waals surface area contributed by atoms with E-state index in [1.807, 2.05) is 17.8 Å². The number of hydrogen-bond donors (Lipinski definition) is 0. The Morgan fingerprint density at radius 3 is 2.47 bits per heavy atom. The van der Waals surface area contributed by atoms with Crippen molar-refractivity contribution < 1.29 is 0 Å². The smallest absolute Gasteiger partial charge is 0.136 e. The maximum Gasteiger partial charge on any atom is 0.136 e. The summed E-state index contributed by atoms with van der Waals surface area (Å²) >= 11 is 7.94. The van der Waals surface area contributed by atoms with E-state index in [2.05, 4.69) is 30.7 Å². The lowest BCUT2D eigenvalue weighted by molar-refractivity contribution is 0.538. The monoisotopic (exact) mass is 270 g/mol. The highest BCUT2D eigenvalue weighted by molar-refractivity contribution is 7.99.